The number of carbonyl (C=O) groups is 1. The molecule has 0 fully saturated rings. The fourth-order valence-electron chi connectivity index (χ4n) is 2.66. The number of imidazole rings is 1. The van der Waals surface area contributed by atoms with Crippen LogP contribution in [0.1, 0.15) is 23.7 Å². The zero-order valence-electron chi connectivity index (χ0n) is 14.6. The second kappa shape index (κ2) is 7.79. The molecule has 9 heteroatoms. The molecule has 0 spiro atoms. The largest absolute Gasteiger partial charge is 0.319 e. The van der Waals surface area contributed by atoms with Crippen LogP contribution in [0.2, 0.25) is 0 Å². The number of rotatable bonds is 7. The Morgan fingerprint density at radius 1 is 1.22 bits per heavy atom. The molecule has 6 nitrogen and oxygen atoms in total. The maximum Gasteiger partial charge on any atom is 0.238 e. The molecule has 0 amide bonds. The summed E-state index contributed by atoms with van der Waals surface area (Å²) in [5.74, 6) is -0.393. The lowest BCUT2D eigenvalue weighted by Crippen LogP contribution is -2.11. The number of benzene rings is 2. The number of aryl methyl sites for hydroxylation is 1. The molecule has 0 unspecified atom stereocenters. The standard InChI is InChI=1S/C18H18FN3O3S2/c1-2-9-22-16-8-7-14(27(20,24)25)10-15(16)21-18(22)26-11-17(23)12-3-5-13(19)6-4-12/h3-8,10H,2,9,11H2,1H3,(H2,20,24,25). The summed E-state index contributed by atoms with van der Waals surface area (Å²) in [7, 11) is -3.82. The van der Waals surface area contributed by atoms with Gasteiger partial charge in [-0.15, -0.1) is 0 Å². The smallest absolute Gasteiger partial charge is 0.238 e. The van der Waals surface area contributed by atoms with Crippen LogP contribution in [0, 0.1) is 5.82 Å². The van der Waals surface area contributed by atoms with Crippen LogP contribution in [-0.4, -0.2) is 29.5 Å². The highest BCUT2D eigenvalue weighted by Gasteiger charge is 2.16. The Labute approximate surface area is 160 Å². The Bertz CT molecular complexity index is 1090. The lowest BCUT2D eigenvalue weighted by atomic mass is 10.1. The molecular formula is C18H18FN3O3S2. The Balaban J connectivity index is 1.89. The lowest BCUT2D eigenvalue weighted by molar-refractivity contribution is 0.102. The fraction of sp³-hybridized carbons (Fsp3) is 0.222. The van der Waals surface area contributed by atoms with Crippen molar-refractivity contribution in [1.82, 2.24) is 9.55 Å². The van der Waals surface area contributed by atoms with Gasteiger partial charge in [0.1, 0.15) is 5.82 Å². The SMILES string of the molecule is CCCn1c(SCC(=O)c2ccc(F)cc2)nc2cc(S(N)(=O)=O)ccc21. The molecule has 0 radical (unpaired) electrons. The average Bonchev–Trinajstić information content (AvgIpc) is 2.97. The first-order valence-electron chi connectivity index (χ1n) is 8.24. The summed E-state index contributed by atoms with van der Waals surface area (Å²) in [6, 6.07) is 9.95. The number of fused-ring (bicyclic) bond motifs is 1. The van der Waals surface area contributed by atoms with Crippen LogP contribution < -0.4 is 5.14 Å². The van der Waals surface area contributed by atoms with E-state index >= 15 is 0 Å². The number of aromatic nitrogens is 2. The van der Waals surface area contributed by atoms with E-state index < -0.39 is 15.8 Å². The second-order valence-corrected chi connectivity index (χ2v) is 8.46. The number of hydrogen-bond acceptors (Lipinski definition) is 5. The van der Waals surface area contributed by atoms with Gasteiger partial charge in [-0.25, -0.2) is 22.9 Å². The number of hydrogen-bond donors (Lipinski definition) is 1. The maximum atomic E-state index is 13.0. The number of nitrogens with two attached hydrogens (primary N) is 1. The van der Waals surface area contributed by atoms with Crippen molar-refractivity contribution in [1.29, 1.82) is 0 Å². The van der Waals surface area contributed by atoms with Gasteiger partial charge < -0.3 is 4.57 Å². The average molecular weight is 407 g/mol. The molecule has 0 aliphatic carbocycles. The molecule has 27 heavy (non-hydrogen) atoms. The van der Waals surface area contributed by atoms with Crippen LogP contribution in [-0.2, 0) is 16.6 Å². The summed E-state index contributed by atoms with van der Waals surface area (Å²) in [4.78, 5) is 16.8. The van der Waals surface area contributed by atoms with Crippen LogP contribution in [0.25, 0.3) is 11.0 Å². The third kappa shape index (κ3) is 4.37. The highest BCUT2D eigenvalue weighted by Crippen LogP contribution is 2.27. The minimum Gasteiger partial charge on any atom is -0.319 e. The maximum absolute atomic E-state index is 13.0. The van der Waals surface area contributed by atoms with Crippen molar-refractivity contribution < 1.29 is 17.6 Å². The van der Waals surface area contributed by atoms with Crippen molar-refractivity contribution in [2.45, 2.75) is 29.9 Å². The van der Waals surface area contributed by atoms with Crippen molar-refractivity contribution in [3.05, 3.63) is 53.8 Å². The third-order valence-corrected chi connectivity index (χ3v) is 5.85. The zero-order valence-corrected chi connectivity index (χ0v) is 16.2. The lowest BCUT2D eigenvalue weighted by Gasteiger charge is -2.07. The normalized spacial score (nSPS) is 11.8. The van der Waals surface area contributed by atoms with Crippen molar-refractivity contribution in [2.75, 3.05) is 5.75 Å². The molecule has 1 heterocycles. The number of ketones is 1. The minimum atomic E-state index is -3.82. The van der Waals surface area contributed by atoms with Crippen LogP contribution in [0.3, 0.4) is 0 Å². The van der Waals surface area contributed by atoms with E-state index in [0.29, 0.717) is 22.8 Å². The van der Waals surface area contributed by atoms with Gasteiger partial charge in [0.25, 0.3) is 0 Å². The Morgan fingerprint density at radius 2 is 1.93 bits per heavy atom. The monoisotopic (exact) mass is 407 g/mol. The van der Waals surface area contributed by atoms with E-state index in [1.54, 1.807) is 6.07 Å². The molecule has 2 N–H and O–H groups in total. The topological polar surface area (TPSA) is 95.0 Å². The van der Waals surface area contributed by atoms with Crippen molar-refractivity contribution in [2.24, 2.45) is 5.14 Å². The van der Waals surface area contributed by atoms with E-state index in [1.807, 2.05) is 11.5 Å². The van der Waals surface area contributed by atoms with Gasteiger partial charge >= 0.3 is 0 Å². The van der Waals surface area contributed by atoms with Gasteiger partial charge in [-0.3, -0.25) is 4.79 Å². The first-order valence-corrected chi connectivity index (χ1v) is 10.8. The summed E-state index contributed by atoms with van der Waals surface area (Å²) >= 11 is 1.26. The van der Waals surface area contributed by atoms with Gasteiger partial charge in [0.2, 0.25) is 10.0 Å². The van der Waals surface area contributed by atoms with Gasteiger partial charge in [-0.2, -0.15) is 0 Å². The van der Waals surface area contributed by atoms with Gasteiger partial charge in [0.15, 0.2) is 10.9 Å². The van der Waals surface area contributed by atoms with Crippen LogP contribution >= 0.6 is 11.8 Å². The van der Waals surface area contributed by atoms with E-state index in [2.05, 4.69) is 4.98 Å². The van der Waals surface area contributed by atoms with Gasteiger partial charge in [-0.1, -0.05) is 18.7 Å². The Kier molecular flexibility index (Phi) is 5.64. The van der Waals surface area contributed by atoms with Crippen molar-refractivity contribution in [3.8, 4) is 0 Å². The summed E-state index contributed by atoms with van der Waals surface area (Å²) < 4.78 is 38.1. The number of carbonyl (C=O) groups excluding carboxylic acids is 1. The number of nitrogens with zero attached hydrogens (tertiary/aromatic N) is 2. The predicted molar refractivity (Wildman–Crippen MR) is 103 cm³/mol. The molecule has 0 bridgehead atoms. The number of halogens is 1. The summed E-state index contributed by atoms with van der Waals surface area (Å²) in [5, 5.41) is 5.81. The van der Waals surface area contributed by atoms with Gasteiger partial charge in [0, 0.05) is 12.1 Å². The number of primary sulfonamides is 1. The predicted octanol–water partition coefficient (Wildman–Crippen LogP) is 3.21. The second-order valence-electron chi connectivity index (χ2n) is 5.96. The number of sulfonamides is 1. The number of thioether (sulfide) groups is 1. The molecule has 0 aliphatic heterocycles. The highest BCUT2D eigenvalue weighted by molar-refractivity contribution is 7.99. The molecule has 142 valence electrons. The zero-order chi connectivity index (χ0) is 19.6. The summed E-state index contributed by atoms with van der Waals surface area (Å²) in [5.41, 5.74) is 1.71. The highest BCUT2D eigenvalue weighted by atomic mass is 32.2. The van der Waals surface area contributed by atoms with E-state index in [1.165, 1.54) is 48.2 Å². The van der Waals surface area contributed by atoms with E-state index in [0.717, 1.165) is 11.9 Å². The third-order valence-electron chi connectivity index (χ3n) is 3.96. The van der Waals surface area contributed by atoms with Gasteiger partial charge in [0.05, 0.1) is 21.7 Å². The van der Waals surface area contributed by atoms with Crippen LogP contribution in [0.4, 0.5) is 4.39 Å². The molecule has 3 aromatic rings. The van der Waals surface area contributed by atoms with E-state index in [9.17, 15) is 17.6 Å². The summed E-state index contributed by atoms with van der Waals surface area (Å²) in [6.45, 7) is 2.70. The Hall–Kier alpha value is -2.23. The van der Waals surface area contributed by atoms with Crippen LogP contribution in [0.15, 0.2) is 52.5 Å². The van der Waals surface area contributed by atoms with Gasteiger partial charge in [-0.05, 0) is 48.9 Å². The number of Topliss-reactive ketones (excluding diaryl/α,β-unsaturated/α-hetero) is 1. The van der Waals surface area contributed by atoms with Crippen molar-refractivity contribution in [3.63, 3.8) is 0 Å². The first kappa shape index (κ1) is 19.5. The molecule has 0 saturated carbocycles. The minimum absolute atomic E-state index is 0.00455. The van der Waals surface area contributed by atoms with E-state index in [-0.39, 0.29) is 16.4 Å². The quantitative estimate of drug-likeness (QED) is 0.479. The molecule has 2 aromatic carbocycles. The molecule has 1 aromatic heterocycles. The molecule has 0 atom stereocenters. The molecule has 0 aliphatic rings. The van der Waals surface area contributed by atoms with Crippen molar-refractivity contribution >= 4 is 38.6 Å². The van der Waals surface area contributed by atoms with Crippen LogP contribution in [0.5, 0.6) is 0 Å². The fourth-order valence-corrected chi connectivity index (χ4v) is 4.13. The Morgan fingerprint density at radius 3 is 2.56 bits per heavy atom. The molecule has 3 rings (SSSR count). The molecular weight excluding hydrogens is 389 g/mol. The first-order chi connectivity index (χ1) is 12.8. The van der Waals surface area contributed by atoms with E-state index in [4.69, 9.17) is 5.14 Å². The molecule has 0 saturated heterocycles. The summed E-state index contributed by atoms with van der Waals surface area (Å²) in [6.07, 6.45) is 0.849.